The summed E-state index contributed by atoms with van der Waals surface area (Å²) in [5.41, 5.74) is 1.16. The molecule has 0 aliphatic rings. The van der Waals surface area contributed by atoms with Crippen LogP contribution < -0.4 is 4.84 Å². The van der Waals surface area contributed by atoms with E-state index in [1.807, 2.05) is 32.2 Å². The van der Waals surface area contributed by atoms with Gasteiger partial charge in [0.25, 0.3) is 0 Å². The van der Waals surface area contributed by atoms with Gasteiger partial charge in [-0.3, -0.25) is 0 Å². The molecule has 0 radical (unpaired) electrons. The highest BCUT2D eigenvalue weighted by atomic mass is 32.1. The van der Waals surface area contributed by atoms with E-state index >= 15 is 0 Å². The summed E-state index contributed by atoms with van der Waals surface area (Å²) < 4.78 is 2.31. The highest BCUT2D eigenvalue weighted by Crippen LogP contribution is 1.97. The van der Waals surface area contributed by atoms with Gasteiger partial charge in [-0.2, -0.15) is 4.73 Å². The summed E-state index contributed by atoms with van der Waals surface area (Å²) in [5.74, 6) is 0. The van der Waals surface area contributed by atoms with Gasteiger partial charge in [-0.1, -0.05) is 12.2 Å². The third-order valence-corrected chi connectivity index (χ3v) is 1.61. The zero-order chi connectivity index (χ0) is 8.27. The number of nitrogens with zero attached hydrogens (tertiary/aromatic N) is 1. The molecule has 0 aliphatic carbocycles. The first-order valence-electron chi connectivity index (χ1n) is 3.56. The molecule has 1 aromatic rings. The van der Waals surface area contributed by atoms with Crippen molar-refractivity contribution in [3.63, 3.8) is 0 Å². The molecule has 0 aliphatic heterocycles. The molecule has 3 heteroatoms. The van der Waals surface area contributed by atoms with E-state index in [1.54, 1.807) is 4.73 Å². The van der Waals surface area contributed by atoms with Crippen LogP contribution in [0.3, 0.4) is 0 Å². The second kappa shape index (κ2) is 3.53. The highest BCUT2D eigenvalue weighted by molar-refractivity contribution is 7.71. The van der Waals surface area contributed by atoms with Gasteiger partial charge in [0.15, 0.2) is 0 Å². The number of hydrogen-bond donors (Lipinski definition) is 0. The minimum atomic E-state index is 0.636. The first kappa shape index (κ1) is 8.27. The van der Waals surface area contributed by atoms with E-state index in [4.69, 9.17) is 17.1 Å². The zero-order valence-electron chi connectivity index (χ0n) is 6.70. The molecule has 0 fully saturated rings. The number of aryl methyl sites for hydroxylation is 1. The molecular formula is C8H11NOS. The quantitative estimate of drug-likeness (QED) is 0.628. The van der Waals surface area contributed by atoms with E-state index in [0.29, 0.717) is 11.2 Å². The monoisotopic (exact) mass is 169 g/mol. The predicted molar refractivity (Wildman–Crippen MR) is 47.1 cm³/mol. The van der Waals surface area contributed by atoms with Gasteiger partial charge >= 0.3 is 0 Å². The smallest absolute Gasteiger partial charge is 0.142 e. The molecule has 0 aromatic carbocycles. The number of hydrogen-bond acceptors (Lipinski definition) is 2. The summed E-state index contributed by atoms with van der Waals surface area (Å²) in [6.45, 7) is 4.57. The van der Waals surface area contributed by atoms with Crippen LogP contribution in [0.25, 0.3) is 0 Å². The maximum Gasteiger partial charge on any atom is 0.142 e. The fourth-order valence-electron chi connectivity index (χ4n) is 0.811. The molecular weight excluding hydrogens is 158 g/mol. The second-order valence-corrected chi connectivity index (χ2v) is 2.70. The molecule has 0 saturated carbocycles. The fraction of sp³-hybridized carbons (Fsp3) is 0.375. The highest BCUT2D eigenvalue weighted by Gasteiger charge is 1.89. The minimum absolute atomic E-state index is 0.636. The van der Waals surface area contributed by atoms with Crippen LogP contribution in [0.15, 0.2) is 18.3 Å². The van der Waals surface area contributed by atoms with Crippen molar-refractivity contribution in [3.05, 3.63) is 28.5 Å². The van der Waals surface area contributed by atoms with Gasteiger partial charge in [0.05, 0.1) is 0 Å². The molecule has 1 aromatic heterocycles. The summed E-state index contributed by atoms with van der Waals surface area (Å²) in [7, 11) is 0. The lowest BCUT2D eigenvalue weighted by Gasteiger charge is -2.06. The summed E-state index contributed by atoms with van der Waals surface area (Å²) >= 11 is 5.04. The van der Waals surface area contributed by atoms with Crippen LogP contribution in [-0.4, -0.2) is 11.3 Å². The van der Waals surface area contributed by atoms with E-state index in [1.165, 1.54) is 0 Å². The molecule has 0 bridgehead atoms. The van der Waals surface area contributed by atoms with Crippen LogP contribution in [0.4, 0.5) is 0 Å². The third kappa shape index (κ3) is 2.05. The molecule has 0 saturated heterocycles. The molecule has 0 N–H and O–H groups in total. The molecule has 0 unspecified atom stereocenters. The van der Waals surface area contributed by atoms with Gasteiger partial charge in [-0.25, -0.2) is 0 Å². The maximum absolute atomic E-state index is 5.20. The SMILES string of the molecule is CCOn1ccc(C)cc1=S. The van der Waals surface area contributed by atoms with E-state index in [0.717, 1.165) is 5.56 Å². The van der Waals surface area contributed by atoms with Crippen LogP contribution in [0, 0.1) is 11.6 Å². The molecule has 0 spiro atoms. The van der Waals surface area contributed by atoms with Gasteiger partial charge in [-0.05, 0) is 31.5 Å². The molecule has 0 atom stereocenters. The van der Waals surface area contributed by atoms with Crippen molar-refractivity contribution in [1.29, 1.82) is 0 Å². The van der Waals surface area contributed by atoms with E-state index in [9.17, 15) is 0 Å². The van der Waals surface area contributed by atoms with Crippen molar-refractivity contribution in [3.8, 4) is 0 Å². The van der Waals surface area contributed by atoms with Gasteiger partial charge in [0, 0.05) is 6.20 Å². The third-order valence-electron chi connectivity index (χ3n) is 1.31. The van der Waals surface area contributed by atoms with Crippen molar-refractivity contribution >= 4 is 12.2 Å². The first-order valence-corrected chi connectivity index (χ1v) is 3.97. The largest absolute Gasteiger partial charge is 0.413 e. The van der Waals surface area contributed by atoms with Crippen molar-refractivity contribution in [2.24, 2.45) is 0 Å². The predicted octanol–water partition coefficient (Wildman–Crippen LogP) is 1.97. The van der Waals surface area contributed by atoms with Crippen LogP contribution in [0.5, 0.6) is 0 Å². The van der Waals surface area contributed by atoms with Gasteiger partial charge in [-0.15, -0.1) is 0 Å². The Labute approximate surface area is 71.4 Å². The van der Waals surface area contributed by atoms with E-state index in [-0.39, 0.29) is 0 Å². The number of rotatable bonds is 2. The van der Waals surface area contributed by atoms with Crippen molar-refractivity contribution in [2.45, 2.75) is 13.8 Å². The molecule has 60 valence electrons. The summed E-state index contributed by atoms with van der Waals surface area (Å²) in [6, 6.07) is 3.87. The Kier molecular flexibility index (Phi) is 2.65. The summed E-state index contributed by atoms with van der Waals surface area (Å²) in [4.78, 5) is 5.20. The van der Waals surface area contributed by atoms with Crippen molar-refractivity contribution in [1.82, 2.24) is 4.73 Å². The minimum Gasteiger partial charge on any atom is -0.413 e. The second-order valence-electron chi connectivity index (χ2n) is 2.29. The Morgan fingerprint density at radius 1 is 1.64 bits per heavy atom. The fourth-order valence-corrected chi connectivity index (χ4v) is 1.11. The number of aromatic nitrogens is 1. The Hall–Kier alpha value is -0.830. The molecule has 11 heavy (non-hydrogen) atoms. The lowest BCUT2D eigenvalue weighted by atomic mass is 10.3. The van der Waals surface area contributed by atoms with E-state index < -0.39 is 0 Å². The summed E-state index contributed by atoms with van der Waals surface area (Å²) in [6.07, 6.45) is 1.83. The molecule has 1 rings (SSSR count). The van der Waals surface area contributed by atoms with Crippen molar-refractivity contribution in [2.75, 3.05) is 6.61 Å². The van der Waals surface area contributed by atoms with Crippen LogP contribution in [0.1, 0.15) is 12.5 Å². The average molecular weight is 169 g/mol. The normalized spacial score (nSPS) is 9.64. The van der Waals surface area contributed by atoms with E-state index in [2.05, 4.69) is 0 Å². The zero-order valence-corrected chi connectivity index (χ0v) is 7.52. The molecule has 0 amide bonds. The average Bonchev–Trinajstić information content (AvgIpc) is 1.95. The summed E-state index contributed by atoms with van der Waals surface area (Å²) in [5, 5.41) is 0. The maximum atomic E-state index is 5.20. The van der Waals surface area contributed by atoms with Crippen molar-refractivity contribution < 1.29 is 4.84 Å². The Bertz CT molecular complexity index is 292. The van der Waals surface area contributed by atoms with Crippen LogP contribution in [-0.2, 0) is 0 Å². The van der Waals surface area contributed by atoms with Gasteiger partial charge in [0.2, 0.25) is 0 Å². The van der Waals surface area contributed by atoms with Gasteiger partial charge in [0.1, 0.15) is 11.2 Å². The van der Waals surface area contributed by atoms with Gasteiger partial charge < -0.3 is 4.84 Å². The lowest BCUT2D eigenvalue weighted by molar-refractivity contribution is 0.117. The molecule has 2 nitrogen and oxygen atoms in total. The topological polar surface area (TPSA) is 14.2 Å². The Morgan fingerprint density at radius 2 is 2.36 bits per heavy atom. The van der Waals surface area contributed by atoms with Crippen LogP contribution in [0.2, 0.25) is 0 Å². The Morgan fingerprint density at radius 3 is 2.91 bits per heavy atom. The Balaban J connectivity index is 3.00. The standard InChI is InChI=1S/C8H11NOS/c1-3-10-9-5-4-7(2)6-8(9)11/h4-6H,3H2,1-2H3. The lowest BCUT2D eigenvalue weighted by Crippen LogP contribution is -2.11. The molecule has 1 heterocycles. The van der Waals surface area contributed by atoms with Crippen LogP contribution >= 0.6 is 12.2 Å². The first-order chi connectivity index (χ1) is 5.24. The number of pyridine rings is 1.